The molecule has 7 nitrogen and oxygen atoms in total. The van der Waals surface area contributed by atoms with Crippen molar-refractivity contribution < 1.29 is 0 Å². The molecule has 2 N–H and O–H groups in total. The zero-order valence-electron chi connectivity index (χ0n) is 11.6. The van der Waals surface area contributed by atoms with Gasteiger partial charge in [-0.1, -0.05) is 6.92 Å². The second kappa shape index (κ2) is 5.54. The van der Waals surface area contributed by atoms with Crippen molar-refractivity contribution in [3.05, 3.63) is 30.1 Å². The highest BCUT2D eigenvalue weighted by Gasteiger charge is 2.19. The predicted octanol–water partition coefficient (Wildman–Crippen LogP) is 0.368. The predicted molar refractivity (Wildman–Crippen MR) is 75.1 cm³/mol. The van der Waals surface area contributed by atoms with Crippen LogP contribution in [0, 0.1) is 0 Å². The van der Waals surface area contributed by atoms with Gasteiger partial charge in [-0.2, -0.15) is 0 Å². The second-order valence-electron chi connectivity index (χ2n) is 5.13. The molecule has 0 saturated heterocycles. The van der Waals surface area contributed by atoms with E-state index in [2.05, 4.69) is 36.6 Å². The summed E-state index contributed by atoms with van der Waals surface area (Å²) >= 11 is 0. The summed E-state index contributed by atoms with van der Waals surface area (Å²) in [6.07, 6.45) is 7.30. The van der Waals surface area contributed by atoms with Crippen LogP contribution in [0.25, 0.3) is 0 Å². The number of nitrogens with zero attached hydrogens (tertiary/aromatic N) is 6. The van der Waals surface area contributed by atoms with Crippen molar-refractivity contribution in [3.8, 4) is 0 Å². The van der Waals surface area contributed by atoms with Crippen molar-refractivity contribution in [2.24, 2.45) is 5.73 Å². The topological polar surface area (TPSA) is 85.8 Å². The maximum atomic E-state index is 5.94. The third kappa shape index (κ3) is 2.62. The Labute approximate surface area is 117 Å². The van der Waals surface area contributed by atoms with Gasteiger partial charge >= 0.3 is 0 Å². The van der Waals surface area contributed by atoms with Crippen molar-refractivity contribution in [3.63, 3.8) is 0 Å². The molecule has 0 amide bonds. The van der Waals surface area contributed by atoms with Gasteiger partial charge in [0, 0.05) is 31.5 Å². The lowest BCUT2D eigenvalue weighted by atomic mass is 10.1. The van der Waals surface area contributed by atoms with Crippen LogP contribution in [0.3, 0.4) is 0 Å². The Morgan fingerprint density at radius 2 is 2.10 bits per heavy atom. The van der Waals surface area contributed by atoms with Gasteiger partial charge in [0.05, 0.1) is 6.54 Å². The fourth-order valence-corrected chi connectivity index (χ4v) is 2.30. The smallest absolute Gasteiger partial charge is 0.225 e. The largest absolute Gasteiger partial charge is 0.331 e. The van der Waals surface area contributed by atoms with Crippen LogP contribution in [0.5, 0.6) is 0 Å². The minimum Gasteiger partial charge on any atom is -0.331 e. The van der Waals surface area contributed by atoms with Crippen LogP contribution in [0.2, 0.25) is 0 Å². The van der Waals surface area contributed by atoms with Gasteiger partial charge in [-0.25, -0.2) is 9.97 Å². The third-order valence-corrected chi connectivity index (χ3v) is 3.64. The van der Waals surface area contributed by atoms with E-state index in [0.29, 0.717) is 6.54 Å². The zero-order chi connectivity index (χ0) is 13.9. The van der Waals surface area contributed by atoms with E-state index >= 15 is 0 Å². The van der Waals surface area contributed by atoms with E-state index in [1.807, 2.05) is 12.4 Å². The van der Waals surface area contributed by atoms with E-state index in [1.165, 1.54) is 0 Å². The molecular weight excluding hydrogens is 254 g/mol. The standard InChI is InChI=1S/C13H19N7/c1-2-11(14)5-10-6-15-13(16-7-10)19-3-4-20-9-17-18-12(20)8-19/h6-7,9,11H,2-5,8,14H2,1H3. The number of fused-ring (bicyclic) bond motifs is 1. The first kappa shape index (κ1) is 13.0. The van der Waals surface area contributed by atoms with Gasteiger partial charge in [0.25, 0.3) is 0 Å². The number of hydrogen-bond donors (Lipinski definition) is 1. The first-order valence-corrected chi connectivity index (χ1v) is 6.94. The molecule has 2 aromatic rings. The van der Waals surface area contributed by atoms with Gasteiger partial charge in [0.15, 0.2) is 5.82 Å². The summed E-state index contributed by atoms with van der Waals surface area (Å²) in [7, 11) is 0. The van der Waals surface area contributed by atoms with Crippen molar-refractivity contribution in [1.29, 1.82) is 0 Å². The third-order valence-electron chi connectivity index (χ3n) is 3.64. The molecule has 7 heteroatoms. The van der Waals surface area contributed by atoms with Crippen LogP contribution in [0.1, 0.15) is 24.7 Å². The zero-order valence-corrected chi connectivity index (χ0v) is 11.6. The molecule has 3 heterocycles. The van der Waals surface area contributed by atoms with Crippen LogP contribution in [-0.2, 0) is 19.5 Å². The number of hydrogen-bond acceptors (Lipinski definition) is 6. The van der Waals surface area contributed by atoms with Gasteiger partial charge in [-0.3, -0.25) is 0 Å². The molecule has 0 bridgehead atoms. The normalized spacial score (nSPS) is 16.0. The molecule has 2 aromatic heterocycles. The van der Waals surface area contributed by atoms with E-state index in [4.69, 9.17) is 5.73 Å². The quantitative estimate of drug-likeness (QED) is 0.866. The van der Waals surface area contributed by atoms with Crippen molar-refractivity contribution in [2.45, 2.75) is 38.9 Å². The molecular formula is C13H19N7. The first-order valence-electron chi connectivity index (χ1n) is 6.94. The Morgan fingerprint density at radius 3 is 2.85 bits per heavy atom. The summed E-state index contributed by atoms with van der Waals surface area (Å²) in [5.74, 6) is 1.70. The Balaban J connectivity index is 1.69. The fourth-order valence-electron chi connectivity index (χ4n) is 2.30. The summed E-state index contributed by atoms with van der Waals surface area (Å²) in [6.45, 7) is 4.53. The molecule has 1 atom stereocenters. The highest BCUT2D eigenvalue weighted by atomic mass is 15.3. The van der Waals surface area contributed by atoms with Crippen LogP contribution < -0.4 is 10.6 Å². The molecule has 0 spiro atoms. The highest BCUT2D eigenvalue weighted by Crippen LogP contribution is 2.15. The summed E-state index contributed by atoms with van der Waals surface area (Å²) in [6, 6.07) is 0.179. The molecule has 20 heavy (non-hydrogen) atoms. The molecule has 0 aromatic carbocycles. The lowest BCUT2D eigenvalue weighted by molar-refractivity contribution is 0.551. The summed E-state index contributed by atoms with van der Waals surface area (Å²) in [5.41, 5.74) is 7.03. The van der Waals surface area contributed by atoms with E-state index in [9.17, 15) is 0 Å². The Morgan fingerprint density at radius 1 is 1.30 bits per heavy atom. The molecule has 1 aliphatic heterocycles. The second-order valence-corrected chi connectivity index (χ2v) is 5.13. The van der Waals surface area contributed by atoms with Crippen molar-refractivity contribution in [1.82, 2.24) is 24.7 Å². The van der Waals surface area contributed by atoms with Crippen LogP contribution in [0.4, 0.5) is 5.95 Å². The van der Waals surface area contributed by atoms with E-state index in [-0.39, 0.29) is 6.04 Å². The van der Waals surface area contributed by atoms with Gasteiger partial charge in [-0.15, -0.1) is 10.2 Å². The summed E-state index contributed by atoms with van der Waals surface area (Å²) < 4.78 is 2.06. The molecule has 0 radical (unpaired) electrons. The maximum Gasteiger partial charge on any atom is 0.225 e. The minimum absolute atomic E-state index is 0.179. The van der Waals surface area contributed by atoms with E-state index in [0.717, 1.165) is 43.3 Å². The Kier molecular flexibility index (Phi) is 3.60. The van der Waals surface area contributed by atoms with E-state index < -0.39 is 0 Å². The number of aromatic nitrogens is 5. The fraction of sp³-hybridized carbons (Fsp3) is 0.538. The molecule has 0 aliphatic carbocycles. The number of anilines is 1. The van der Waals surface area contributed by atoms with Crippen LogP contribution in [-0.4, -0.2) is 37.3 Å². The molecule has 106 valence electrons. The van der Waals surface area contributed by atoms with Gasteiger partial charge < -0.3 is 15.2 Å². The Hall–Kier alpha value is -2.02. The monoisotopic (exact) mass is 273 g/mol. The van der Waals surface area contributed by atoms with Crippen molar-refractivity contribution in [2.75, 3.05) is 11.4 Å². The molecule has 3 rings (SSSR count). The summed E-state index contributed by atoms with van der Waals surface area (Å²) in [4.78, 5) is 11.0. The lowest BCUT2D eigenvalue weighted by Gasteiger charge is -2.26. The van der Waals surface area contributed by atoms with Crippen LogP contribution in [0.15, 0.2) is 18.7 Å². The van der Waals surface area contributed by atoms with Crippen molar-refractivity contribution >= 4 is 5.95 Å². The number of rotatable bonds is 4. The minimum atomic E-state index is 0.179. The molecule has 0 fully saturated rings. The highest BCUT2D eigenvalue weighted by molar-refractivity contribution is 5.31. The Bertz CT molecular complexity index is 562. The van der Waals surface area contributed by atoms with Gasteiger partial charge in [0.1, 0.15) is 6.33 Å². The molecule has 1 aliphatic rings. The van der Waals surface area contributed by atoms with E-state index in [1.54, 1.807) is 6.33 Å². The average Bonchev–Trinajstić information content (AvgIpc) is 2.95. The summed E-state index contributed by atoms with van der Waals surface area (Å²) in [5, 5.41) is 8.02. The number of nitrogens with two attached hydrogens (primary N) is 1. The average molecular weight is 273 g/mol. The maximum absolute atomic E-state index is 5.94. The lowest BCUT2D eigenvalue weighted by Crippen LogP contribution is -2.34. The molecule has 1 unspecified atom stereocenters. The SMILES string of the molecule is CCC(N)Cc1cnc(N2CCn3cnnc3C2)nc1. The van der Waals surface area contributed by atoms with Gasteiger partial charge in [-0.05, 0) is 18.4 Å². The van der Waals surface area contributed by atoms with Crippen LogP contribution >= 0.6 is 0 Å². The van der Waals surface area contributed by atoms with Gasteiger partial charge in [0.2, 0.25) is 5.95 Å². The first-order chi connectivity index (χ1) is 9.76. The molecule has 0 saturated carbocycles.